The number of unbranched alkanes of at least 4 members (excludes halogenated alkanes) is 3. The molecule has 0 spiro atoms. The number of ether oxygens (including phenoxy) is 5. The second-order valence-electron chi connectivity index (χ2n) is 14.0. The summed E-state index contributed by atoms with van der Waals surface area (Å²) in [5, 5.41) is 11.6. The number of thioether (sulfide) groups is 2. The average Bonchev–Trinajstić information content (AvgIpc) is 3.02. The molecule has 48 heavy (non-hydrogen) atoms. The number of aromatic nitrogens is 3. The largest absolute Gasteiger partial charge is 0.507 e. The number of phenols is 1. The normalized spacial score (nSPS) is 12.7. The highest BCUT2D eigenvalue weighted by Gasteiger charge is 2.28. The van der Waals surface area contributed by atoms with E-state index in [1.165, 1.54) is 5.56 Å². The van der Waals surface area contributed by atoms with Crippen molar-refractivity contribution in [3.05, 3.63) is 28.8 Å². The van der Waals surface area contributed by atoms with Crippen molar-refractivity contribution in [1.82, 2.24) is 15.0 Å². The van der Waals surface area contributed by atoms with Crippen LogP contribution >= 0.6 is 23.5 Å². The van der Waals surface area contributed by atoms with Gasteiger partial charge in [0.15, 0.2) is 0 Å². The van der Waals surface area contributed by atoms with E-state index in [0.717, 1.165) is 74.2 Å². The Hall–Kier alpha value is -1.95. The summed E-state index contributed by atoms with van der Waals surface area (Å²) in [6.07, 6.45) is 8.70. The van der Waals surface area contributed by atoms with E-state index in [0.29, 0.717) is 45.4 Å². The van der Waals surface area contributed by atoms with Crippen molar-refractivity contribution in [2.45, 2.75) is 116 Å². The first-order chi connectivity index (χ1) is 22.9. The lowest BCUT2D eigenvalue weighted by molar-refractivity contribution is 0.0605. The van der Waals surface area contributed by atoms with Crippen molar-refractivity contribution in [1.29, 1.82) is 0 Å². The smallest absolute Gasteiger partial charge is 0.325 e. The number of aromatic hydroxyl groups is 1. The van der Waals surface area contributed by atoms with Crippen LogP contribution in [0.2, 0.25) is 0 Å². The minimum Gasteiger partial charge on any atom is -0.507 e. The lowest BCUT2D eigenvalue weighted by Gasteiger charge is -2.30. The fourth-order valence-corrected chi connectivity index (χ4v) is 6.22. The van der Waals surface area contributed by atoms with Gasteiger partial charge in [0.2, 0.25) is 0 Å². The minimum atomic E-state index is -0.189. The van der Waals surface area contributed by atoms with Gasteiger partial charge in [-0.15, -0.1) is 15.0 Å². The van der Waals surface area contributed by atoms with E-state index in [1.54, 1.807) is 11.8 Å². The molecule has 1 heterocycles. The Labute approximate surface area is 299 Å². The molecule has 2 aromatic rings. The zero-order valence-electron chi connectivity index (χ0n) is 31.2. The van der Waals surface area contributed by atoms with Gasteiger partial charge in [-0.05, 0) is 65.9 Å². The van der Waals surface area contributed by atoms with E-state index in [1.807, 2.05) is 11.8 Å². The second-order valence-corrected chi connectivity index (χ2v) is 16.3. The van der Waals surface area contributed by atoms with Crippen LogP contribution in [0.3, 0.4) is 0 Å². The Balaban J connectivity index is 2.11. The molecule has 11 heteroatoms. The van der Waals surface area contributed by atoms with Gasteiger partial charge >= 0.3 is 18.0 Å². The Bertz CT molecular complexity index is 1110. The molecule has 0 bridgehead atoms. The molecule has 2 rings (SSSR count). The van der Waals surface area contributed by atoms with Gasteiger partial charge in [-0.2, -0.15) is 23.5 Å². The first-order valence-electron chi connectivity index (χ1n) is 17.7. The lowest BCUT2D eigenvalue weighted by Crippen LogP contribution is -2.18. The molecule has 0 saturated heterocycles. The average molecular weight is 710 g/mol. The molecule has 0 amide bonds. The Morgan fingerprint density at radius 2 is 1.10 bits per heavy atom. The van der Waals surface area contributed by atoms with Crippen LogP contribution in [-0.4, -0.2) is 84.1 Å². The first kappa shape index (κ1) is 42.2. The molecule has 274 valence electrons. The number of nitrogens with zero attached hydrogens (tertiary/aromatic N) is 3. The SMILES string of the molecule is CCCCOc1nc(OCCCC)nc(OCCCCC(SCCOCCOCCSC)c2cc(C(C)(C)C)c(O)c(C(C)(C)C)c2)n1. The summed E-state index contributed by atoms with van der Waals surface area (Å²) >= 11 is 3.69. The molecular weight excluding hydrogens is 647 g/mol. The predicted octanol–water partition coefficient (Wildman–Crippen LogP) is 8.95. The molecule has 0 aliphatic carbocycles. The molecule has 1 unspecified atom stereocenters. The molecule has 9 nitrogen and oxygen atoms in total. The summed E-state index contributed by atoms with van der Waals surface area (Å²) < 4.78 is 29.0. The molecule has 0 radical (unpaired) electrons. The van der Waals surface area contributed by atoms with Gasteiger partial charge in [0.05, 0.1) is 46.2 Å². The van der Waals surface area contributed by atoms with Crippen LogP contribution in [0.4, 0.5) is 0 Å². The van der Waals surface area contributed by atoms with Crippen molar-refractivity contribution < 1.29 is 28.8 Å². The maximum Gasteiger partial charge on any atom is 0.325 e. The van der Waals surface area contributed by atoms with Crippen LogP contribution in [0.1, 0.15) is 122 Å². The summed E-state index contributed by atoms with van der Waals surface area (Å²) in [5.41, 5.74) is 2.84. The maximum absolute atomic E-state index is 11.3. The van der Waals surface area contributed by atoms with Crippen molar-refractivity contribution in [3.8, 4) is 23.8 Å². The third kappa shape index (κ3) is 16.2. The maximum atomic E-state index is 11.3. The van der Waals surface area contributed by atoms with Crippen LogP contribution in [0, 0.1) is 0 Å². The lowest BCUT2D eigenvalue weighted by atomic mass is 9.78. The topological polar surface area (TPSA) is 105 Å². The monoisotopic (exact) mass is 709 g/mol. The van der Waals surface area contributed by atoms with E-state index >= 15 is 0 Å². The van der Waals surface area contributed by atoms with E-state index in [4.69, 9.17) is 23.7 Å². The number of rotatable bonds is 25. The highest BCUT2D eigenvalue weighted by Crippen LogP contribution is 2.44. The van der Waals surface area contributed by atoms with Gasteiger partial charge in [-0.3, -0.25) is 0 Å². The van der Waals surface area contributed by atoms with Crippen LogP contribution in [0.15, 0.2) is 12.1 Å². The van der Waals surface area contributed by atoms with Crippen LogP contribution in [0.5, 0.6) is 23.8 Å². The van der Waals surface area contributed by atoms with Gasteiger partial charge in [0.1, 0.15) is 5.75 Å². The van der Waals surface area contributed by atoms with Gasteiger partial charge in [-0.1, -0.05) is 80.4 Å². The molecule has 1 N–H and O–H groups in total. The van der Waals surface area contributed by atoms with E-state index in [-0.39, 0.29) is 34.1 Å². The number of hydrogen-bond donors (Lipinski definition) is 1. The predicted molar refractivity (Wildman–Crippen MR) is 201 cm³/mol. The third-order valence-corrected chi connectivity index (χ3v) is 9.48. The van der Waals surface area contributed by atoms with Gasteiger partial charge in [-0.25, -0.2) is 0 Å². The molecule has 0 aliphatic rings. The molecule has 1 aromatic heterocycles. The summed E-state index contributed by atoms with van der Waals surface area (Å²) in [6, 6.07) is 5.13. The molecule has 0 fully saturated rings. The van der Waals surface area contributed by atoms with E-state index in [2.05, 4.69) is 88.7 Å². The Morgan fingerprint density at radius 1 is 0.646 bits per heavy atom. The summed E-state index contributed by atoms with van der Waals surface area (Å²) in [4.78, 5) is 13.1. The fourth-order valence-electron chi connectivity index (χ4n) is 4.77. The Kier molecular flexibility index (Phi) is 20.0. The molecule has 0 aliphatic heterocycles. The second kappa shape index (κ2) is 22.7. The van der Waals surface area contributed by atoms with Crippen LogP contribution in [0.25, 0.3) is 0 Å². The highest BCUT2D eigenvalue weighted by atomic mass is 32.2. The van der Waals surface area contributed by atoms with Gasteiger partial charge < -0.3 is 28.8 Å². The van der Waals surface area contributed by atoms with Crippen molar-refractivity contribution in [2.75, 3.05) is 64.0 Å². The number of benzene rings is 1. The van der Waals surface area contributed by atoms with Crippen molar-refractivity contribution >= 4 is 23.5 Å². The van der Waals surface area contributed by atoms with Crippen molar-refractivity contribution in [3.63, 3.8) is 0 Å². The Morgan fingerprint density at radius 3 is 1.54 bits per heavy atom. The number of hydrogen-bond acceptors (Lipinski definition) is 11. The fraction of sp³-hybridized carbons (Fsp3) is 0.757. The van der Waals surface area contributed by atoms with E-state index in [9.17, 15) is 5.11 Å². The zero-order chi connectivity index (χ0) is 35.4. The summed E-state index contributed by atoms with van der Waals surface area (Å²) in [6.45, 7) is 21.4. The highest BCUT2D eigenvalue weighted by molar-refractivity contribution is 7.99. The van der Waals surface area contributed by atoms with Gasteiger partial charge in [0.25, 0.3) is 0 Å². The zero-order valence-corrected chi connectivity index (χ0v) is 32.8. The van der Waals surface area contributed by atoms with Crippen LogP contribution in [-0.2, 0) is 20.3 Å². The quantitative estimate of drug-likeness (QED) is 0.0999. The minimum absolute atomic E-state index is 0.189. The van der Waals surface area contributed by atoms with Gasteiger partial charge in [0, 0.05) is 16.8 Å². The van der Waals surface area contributed by atoms with E-state index < -0.39 is 0 Å². The summed E-state index contributed by atoms with van der Waals surface area (Å²) in [5.74, 6) is 2.28. The summed E-state index contributed by atoms with van der Waals surface area (Å²) in [7, 11) is 0. The molecule has 0 saturated carbocycles. The molecule has 1 aromatic carbocycles. The molecule has 1 atom stereocenters. The molecular formula is C37H63N3O6S2. The third-order valence-electron chi connectivity index (χ3n) is 7.59. The number of phenolic OH excluding ortho intramolecular Hbond substituents is 1. The van der Waals surface area contributed by atoms with Crippen molar-refractivity contribution in [2.24, 2.45) is 0 Å². The van der Waals surface area contributed by atoms with Crippen LogP contribution < -0.4 is 14.2 Å². The first-order valence-corrected chi connectivity index (χ1v) is 20.1. The standard InChI is InChI=1S/C37H63N3O6S2/c1-10-12-17-44-33-38-34(45-18-13-11-2)40-35(39-33)46-19-15-14-16-31(48-25-23-43-21-20-42-22-24-47-9)28-26-29(36(3,4)5)32(41)30(27-28)37(6,7)8/h26-27,31,41H,10-25H2,1-9H3.